The van der Waals surface area contributed by atoms with E-state index in [4.69, 9.17) is 5.11 Å². The van der Waals surface area contributed by atoms with Crippen LogP contribution in [0, 0.1) is 13.8 Å². The van der Waals surface area contributed by atoms with Gasteiger partial charge in [-0.2, -0.15) is 10.2 Å². The molecule has 2 aromatic heterocycles. The van der Waals surface area contributed by atoms with Crippen LogP contribution in [0.5, 0.6) is 0 Å². The van der Waals surface area contributed by atoms with E-state index in [0.717, 1.165) is 17.0 Å². The number of hydrogen-bond donors (Lipinski definition) is 3. The lowest BCUT2D eigenvalue weighted by Gasteiger charge is -2.06. The van der Waals surface area contributed by atoms with Gasteiger partial charge in [0.15, 0.2) is 5.03 Å². The van der Waals surface area contributed by atoms with Crippen molar-refractivity contribution in [3.05, 3.63) is 28.7 Å². The van der Waals surface area contributed by atoms with Crippen LogP contribution in [0.25, 0.3) is 0 Å². The summed E-state index contributed by atoms with van der Waals surface area (Å²) in [4.78, 5) is 0. The monoisotopic (exact) mass is 299 g/mol. The Morgan fingerprint density at radius 2 is 2.15 bits per heavy atom. The molecule has 110 valence electrons. The highest BCUT2D eigenvalue weighted by molar-refractivity contribution is 7.89. The molecule has 2 rings (SSSR count). The summed E-state index contributed by atoms with van der Waals surface area (Å²) in [6.45, 7) is 3.44. The zero-order chi connectivity index (χ0) is 14.9. The molecule has 0 aromatic carbocycles. The molecule has 0 amide bonds. The Balaban J connectivity index is 2.22. The molecular formula is C11H17N5O3S. The second-order valence-electron chi connectivity index (χ2n) is 4.48. The molecule has 0 unspecified atom stereocenters. The number of aliphatic hydroxyl groups excluding tert-OH is 1. The maximum atomic E-state index is 12.2. The molecule has 9 heteroatoms. The molecule has 0 saturated carbocycles. The summed E-state index contributed by atoms with van der Waals surface area (Å²) in [6, 6.07) is 0. The Hall–Kier alpha value is -1.71. The molecule has 0 aliphatic carbocycles. The van der Waals surface area contributed by atoms with Crippen molar-refractivity contribution >= 4 is 10.0 Å². The van der Waals surface area contributed by atoms with Crippen LogP contribution in [-0.4, -0.2) is 33.5 Å². The van der Waals surface area contributed by atoms with Gasteiger partial charge in [-0.3, -0.25) is 9.78 Å². The lowest BCUT2D eigenvalue weighted by atomic mass is 10.2. The Morgan fingerprint density at radius 3 is 2.70 bits per heavy atom. The number of nitrogens with zero attached hydrogens (tertiary/aromatic N) is 3. The molecule has 0 fully saturated rings. The van der Waals surface area contributed by atoms with Gasteiger partial charge in [0.2, 0.25) is 0 Å². The number of aliphatic hydroxyl groups is 1. The maximum absolute atomic E-state index is 12.2. The summed E-state index contributed by atoms with van der Waals surface area (Å²) in [5.41, 5.74) is 2.75. The van der Waals surface area contributed by atoms with Gasteiger partial charge in [-0.25, -0.2) is 13.1 Å². The number of nitrogens with one attached hydrogen (secondary N) is 2. The van der Waals surface area contributed by atoms with Crippen LogP contribution in [-0.2, 0) is 30.2 Å². The Kier molecular flexibility index (Phi) is 3.93. The number of aryl methyl sites for hydroxylation is 2. The minimum absolute atomic E-state index is 0.112. The van der Waals surface area contributed by atoms with E-state index in [1.165, 1.54) is 6.20 Å². The van der Waals surface area contributed by atoms with E-state index < -0.39 is 16.6 Å². The van der Waals surface area contributed by atoms with E-state index in [-0.39, 0.29) is 17.1 Å². The highest BCUT2D eigenvalue weighted by Crippen LogP contribution is 2.15. The molecule has 0 bridgehead atoms. The van der Waals surface area contributed by atoms with Gasteiger partial charge >= 0.3 is 0 Å². The summed E-state index contributed by atoms with van der Waals surface area (Å²) < 4.78 is 28.5. The van der Waals surface area contributed by atoms with Crippen LogP contribution in [0.2, 0.25) is 0 Å². The van der Waals surface area contributed by atoms with Crippen molar-refractivity contribution < 1.29 is 13.5 Å². The number of sulfonamides is 1. The molecule has 3 N–H and O–H groups in total. The predicted octanol–water partition coefficient (Wildman–Crippen LogP) is -0.269. The second kappa shape index (κ2) is 5.35. The molecule has 0 radical (unpaired) electrons. The summed E-state index contributed by atoms with van der Waals surface area (Å²) in [6.07, 6.45) is 1.29. The van der Waals surface area contributed by atoms with Gasteiger partial charge in [-0.15, -0.1) is 0 Å². The van der Waals surface area contributed by atoms with E-state index >= 15 is 0 Å². The quantitative estimate of drug-likeness (QED) is 0.703. The molecule has 2 heterocycles. The van der Waals surface area contributed by atoms with Crippen molar-refractivity contribution in [2.45, 2.75) is 32.0 Å². The van der Waals surface area contributed by atoms with Crippen molar-refractivity contribution in [3.63, 3.8) is 0 Å². The molecule has 0 aliphatic heterocycles. The van der Waals surface area contributed by atoms with Gasteiger partial charge in [0.05, 0.1) is 18.5 Å². The van der Waals surface area contributed by atoms with Crippen LogP contribution >= 0.6 is 0 Å². The van der Waals surface area contributed by atoms with Crippen LogP contribution in [0.15, 0.2) is 11.2 Å². The van der Waals surface area contributed by atoms with E-state index in [9.17, 15) is 8.42 Å². The summed E-state index contributed by atoms with van der Waals surface area (Å²) in [5.74, 6) is 0. The predicted molar refractivity (Wildman–Crippen MR) is 71.2 cm³/mol. The van der Waals surface area contributed by atoms with Crippen molar-refractivity contribution in [1.82, 2.24) is 24.7 Å². The van der Waals surface area contributed by atoms with Gasteiger partial charge in [-0.05, 0) is 13.8 Å². The number of rotatable bonds is 5. The van der Waals surface area contributed by atoms with Crippen molar-refractivity contribution in [1.29, 1.82) is 0 Å². The van der Waals surface area contributed by atoms with E-state index in [2.05, 4.69) is 20.0 Å². The Morgan fingerprint density at radius 1 is 1.45 bits per heavy atom. The molecule has 20 heavy (non-hydrogen) atoms. The first-order valence-electron chi connectivity index (χ1n) is 5.98. The molecule has 0 saturated heterocycles. The van der Waals surface area contributed by atoms with Gasteiger partial charge in [0, 0.05) is 30.4 Å². The SMILES string of the molecule is Cc1nn(C)c(C)c1CNS(=O)(=O)c1[nH]ncc1CO. The molecule has 0 atom stereocenters. The van der Waals surface area contributed by atoms with Crippen LogP contribution in [0.3, 0.4) is 0 Å². The Labute approximate surface area is 116 Å². The number of aromatic nitrogens is 4. The molecule has 2 aromatic rings. The standard InChI is InChI=1S/C11H17N5O3S/c1-7-10(8(2)16(3)15-7)5-13-20(18,19)11-9(6-17)4-12-14-11/h4,13,17H,5-6H2,1-3H3,(H,12,14). The number of aromatic amines is 1. The lowest BCUT2D eigenvalue weighted by Crippen LogP contribution is -2.25. The largest absolute Gasteiger partial charge is 0.392 e. The lowest BCUT2D eigenvalue weighted by molar-refractivity contribution is 0.278. The third kappa shape index (κ3) is 2.60. The average Bonchev–Trinajstić information content (AvgIpc) is 2.95. The first kappa shape index (κ1) is 14.7. The fourth-order valence-electron chi connectivity index (χ4n) is 1.96. The highest BCUT2D eigenvalue weighted by atomic mass is 32.2. The van der Waals surface area contributed by atoms with Crippen LogP contribution < -0.4 is 4.72 Å². The highest BCUT2D eigenvalue weighted by Gasteiger charge is 2.21. The number of hydrogen-bond acceptors (Lipinski definition) is 5. The first-order chi connectivity index (χ1) is 9.36. The maximum Gasteiger partial charge on any atom is 0.258 e. The van der Waals surface area contributed by atoms with E-state index in [1.54, 1.807) is 11.7 Å². The average molecular weight is 299 g/mol. The molecule has 0 aliphatic rings. The van der Waals surface area contributed by atoms with Gasteiger partial charge in [-0.1, -0.05) is 0 Å². The van der Waals surface area contributed by atoms with Crippen molar-refractivity contribution in [2.24, 2.45) is 7.05 Å². The summed E-state index contributed by atoms with van der Waals surface area (Å²) >= 11 is 0. The fraction of sp³-hybridized carbons (Fsp3) is 0.455. The van der Waals surface area contributed by atoms with Gasteiger partial charge in [0.1, 0.15) is 0 Å². The molecular weight excluding hydrogens is 282 g/mol. The molecule has 0 spiro atoms. The minimum Gasteiger partial charge on any atom is -0.392 e. The minimum atomic E-state index is -3.75. The summed E-state index contributed by atoms with van der Waals surface area (Å²) in [5, 5.41) is 19.2. The fourth-order valence-corrected chi connectivity index (χ4v) is 3.07. The van der Waals surface area contributed by atoms with E-state index in [0.29, 0.717) is 0 Å². The van der Waals surface area contributed by atoms with Crippen molar-refractivity contribution in [2.75, 3.05) is 0 Å². The first-order valence-corrected chi connectivity index (χ1v) is 7.47. The molecule has 8 nitrogen and oxygen atoms in total. The summed E-state index contributed by atoms with van der Waals surface area (Å²) in [7, 11) is -1.94. The van der Waals surface area contributed by atoms with Gasteiger partial charge in [0.25, 0.3) is 10.0 Å². The zero-order valence-electron chi connectivity index (χ0n) is 11.5. The smallest absolute Gasteiger partial charge is 0.258 e. The van der Waals surface area contributed by atoms with Gasteiger partial charge < -0.3 is 5.11 Å². The topological polar surface area (TPSA) is 113 Å². The third-order valence-electron chi connectivity index (χ3n) is 3.22. The third-order valence-corrected chi connectivity index (χ3v) is 4.63. The van der Waals surface area contributed by atoms with E-state index in [1.807, 2.05) is 13.8 Å². The van der Waals surface area contributed by atoms with Crippen LogP contribution in [0.1, 0.15) is 22.5 Å². The zero-order valence-corrected chi connectivity index (χ0v) is 12.3. The Bertz CT molecular complexity index is 716. The van der Waals surface area contributed by atoms with Crippen LogP contribution in [0.4, 0.5) is 0 Å². The second-order valence-corrected chi connectivity index (χ2v) is 6.18. The van der Waals surface area contributed by atoms with Crippen molar-refractivity contribution in [3.8, 4) is 0 Å². The number of H-pyrrole nitrogens is 1. The normalized spacial score (nSPS) is 12.0.